The van der Waals surface area contributed by atoms with Crippen molar-refractivity contribution in [1.82, 2.24) is 9.55 Å². The molecule has 27 heavy (non-hydrogen) atoms. The fourth-order valence-corrected chi connectivity index (χ4v) is 3.21. The lowest BCUT2D eigenvalue weighted by Gasteiger charge is -2.10. The molecule has 1 heterocycles. The summed E-state index contributed by atoms with van der Waals surface area (Å²) in [6.45, 7) is 0.403. The number of imidazole rings is 1. The number of hydrogen-bond acceptors (Lipinski definition) is 2. The third-order valence-corrected chi connectivity index (χ3v) is 4.44. The van der Waals surface area contributed by atoms with E-state index in [1.807, 2.05) is 48.5 Å². The van der Waals surface area contributed by atoms with E-state index in [0.29, 0.717) is 6.54 Å². The second-order valence-electron chi connectivity index (χ2n) is 6.20. The van der Waals surface area contributed by atoms with Crippen molar-refractivity contribution < 1.29 is 5.11 Å². The third-order valence-electron chi connectivity index (χ3n) is 4.44. The van der Waals surface area contributed by atoms with Crippen molar-refractivity contribution in [3.8, 4) is 52.0 Å². The van der Waals surface area contributed by atoms with Crippen LogP contribution >= 0.6 is 0 Å². The van der Waals surface area contributed by atoms with Crippen LogP contribution in [-0.2, 0) is 6.54 Å². The molecule has 0 saturated heterocycles. The quantitative estimate of drug-likeness (QED) is 0.512. The van der Waals surface area contributed by atoms with E-state index in [9.17, 15) is 5.11 Å². The molecule has 0 aliphatic rings. The summed E-state index contributed by atoms with van der Waals surface area (Å²) in [5, 5.41) is 9.63. The van der Waals surface area contributed by atoms with E-state index >= 15 is 0 Å². The van der Waals surface area contributed by atoms with Crippen LogP contribution in [0.5, 0.6) is 5.75 Å². The normalized spacial score (nSPS) is 10.5. The molecule has 0 fully saturated rings. The predicted octanol–water partition coefficient (Wildman–Crippen LogP) is 5.22. The van der Waals surface area contributed by atoms with Crippen LogP contribution in [0.4, 0.5) is 0 Å². The first-order valence-electron chi connectivity index (χ1n) is 8.72. The summed E-state index contributed by atoms with van der Waals surface area (Å²) in [7, 11) is 0. The topological polar surface area (TPSA) is 38.0 Å². The summed E-state index contributed by atoms with van der Waals surface area (Å²) in [4.78, 5) is 4.96. The molecule has 3 nitrogen and oxygen atoms in total. The minimum Gasteiger partial charge on any atom is -0.508 e. The molecule has 3 aromatic carbocycles. The fourth-order valence-electron chi connectivity index (χ4n) is 3.21. The summed E-state index contributed by atoms with van der Waals surface area (Å²) < 4.78 is 2.06. The first-order valence-corrected chi connectivity index (χ1v) is 8.72. The molecule has 3 heteroatoms. The van der Waals surface area contributed by atoms with Crippen molar-refractivity contribution in [2.45, 2.75) is 6.54 Å². The van der Waals surface area contributed by atoms with E-state index in [2.05, 4.69) is 34.8 Å². The van der Waals surface area contributed by atoms with Crippen molar-refractivity contribution in [1.29, 1.82) is 0 Å². The van der Waals surface area contributed by atoms with Crippen molar-refractivity contribution >= 4 is 0 Å². The Labute approximate surface area is 158 Å². The fraction of sp³-hybridized carbons (Fsp3) is 0.0417. The number of terminal acetylenes is 1. The Morgan fingerprint density at radius 1 is 0.778 bits per heavy atom. The maximum Gasteiger partial charge on any atom is 0.142 e. The highest BCUT2D eigenvalue weighted by molar-refractivity contribution is 5.82. The van der Waals surface area contributed by atoms with Crippen LogP contribution < -0.4 is 0 Å². The molecule has 4 aromatic rings. The Bertz CT molecular complexity index is 1090. The van der Waals surface area contributed by atoms with Gasteiger partial charge in [-0.2, -0.15) is 0 Å². The molecule has 0 spiro atoms. The van der Waals surface area contributed by atoms with Gasteiger partial charge in [-0.3, -0.25) is 0 Å². The smallest absolute Gasteiger partial charge is 0.142 e. The van der Waals surface area contributed by atoms with Gasteiger partial charge in [0, 0.05) is 16.7 Å². The molecule has 4 rings (SSSR count). The molecule has 0 unspecified atom stereocenters. The summed E-state index contributed by atoms with van der Waals surface area (Å²) in [6, 6.07) is 27.3. The van der Waals surface area contributed by atoms with E-state index in [4.69, 9.17) is 11.4 Å². The Balaban J connectivity index is 2.02. The SMILES string of the molecule is C#CCn1c(-c2ccc(O)cc2)nc(-c2ccccc2)c1-c1ccccc1. The molecular formula is C24H18N2O. The average molecular weight is 350 g/mol. The Hall–Kier alpha value is -3.77. The number of benzene rings is 3. The van der Waals surface area contributed by atoms with E-state index in [1.54, 1.807) is 12.1 Å². The highest BCUT2D eigenvalue weighted by Gasteiger charge is 2.20. The van der Waals surface area contributed by atoms with Crippen molar-refractivity contribution in [3.05, 3.63) is 84.9 Å². The van der Waals surface area contributed by atoms with E-state index in [0.717, 1.165) is 33.9 Å². The van der Waals surface area contributed by atoms with Crippen LogP contribution in [0.1, 0.15) is 0 Å². The summed E-state index contributed by atoms with van der Waals surface area (Å²) >= 11 is 0. The maximum atomic E-state index is 9.63. The molecule has 0 radical (unpaired) electrons. The van der Waals surface area contributed by atoms with Crippen LogP contribution in [0.15, 0.2) is 84.9 Å². The molecule has 1 N–H and O–H groups in total. The average Bonchev–Trinajstić information content (AvgIpc) is 3.09. The highest BCUT2D eigenvalue weighted by atomic mass is 16.3. The van der Waals surface area contributed by atoms with Gasteiger partial charge in [0.1, 0.15) is 11.6 Å². The molecular weight excluding hydrogens is 332 g/mol. The molecule has 130 valence electrons. The molecule has 1 aromatic heterocycles. The summed E-state index contributed by atoms with van der Waals surface area (Å²) in [5.74, 6) is 3.76. The number of phenols is 1. The van der Waals surface area contributed by atoms with E-state index in [1.165, 1.54) is 0 Å². The Morgan fingerprint density at radius 2 is 1.37 bits per heavy atom. The first kappa shape index (κ1) is 16.7. The minimum atomic E-state index is 0.223. The van der Waals surface area contributed by atoms with Crippen molar-refractivity contribution in [2.24, 2.45) is 0 Å². The van der Waals surface area contributed by atoms with Gasteiger partial charge in [-0.1, -0.05) is 66.6 Å². The summed E-state index contributed by atoms with van der Waals surface area (Å²) in [5.41, 5.74) is 4.88. The van der Waals surface area contributed by atoms with Crippen molar-refractivity contribution in [2.75, 3.05) is 0 Å². The second-order valence-corrected chi connectivity index (χ2v) is 6.20. The van der Waals surface area contributed by atoms with Gasteiger partial charge in [0.2, 0.25) is 0 Å². The Kier molecular flexibility index (Phi) is 4.47. The zero-order valence-electron chi connectivity index (χ0n) is 14.7. The monoisotopic (exact) mass is 350 g/mol. The number of nitrogens with zero attached hydrogens (tertiary/aromatic N) is 2. The molecule has 0 atom stereocenters. The number of hydrogen-bond donors (Lipinski definition) is 1. The van der Waals surface area contributed by atoms with Gasteiger partial charge in [-0.25, -0.2) is 4.98 Å². The zero-order valence-corrected chi connectivity index (χ0v) is 14.7. The van der Waals surface area contributed by atoms with Gasteiger partial charge in [0.25, 0.3) is 0 Å². The number of aromatic hydroxyl groups is 1. The molecule has 0 aliphatic heterocycles. The van der Waals surface area contributed by atoms with E-state index < -0.39 is 0 Å². The zero-order chi connectivity index (χ0) is 18.6. The molecule has 0 aliphatic carbocycles. The molecule has 0 saturated carbocycles. The largest absolute Gasteiger partial charge is 0.508 e. The second kappa shape index (κ2) is 7.23. The maximum absolute atomic E-state index is 9.63. The van der Waals surface area contributed by atoms with Gasteiger partial charge in [0.15, 0.2) is 0 Å². The lowest BCUT2D eigenvalue weighted by Crippen LogP contribution is -2.01. The van der Waals surface area contributed by atoms with Crippen LogP contribution in [0.2, 0.25) is 0 Å². The number of aromatic nitrogens is 2. The lowest BCUT2D eigenvalue weighted by molar-refractivity contribution is 0.475. The van der Waals surface area contributed by atoms with Crippen molar-refractivity contribution in [3.63, 3.8) is 0 Å². The number of rotatable bonds is 4. The standard InChI is InChI=1S/C24H18N2O/c1-2-17-26-23(19-11-7-4-8-12-19)22(18-9-5-3-6-10-18)25-24(26)20-13-15-21(27)16-14-20/h1,3-16,27H,17H2. The van der Waals surface area contributed by atoms with Gasteiger partial charge >= 0.3 is 0 Å². The highest BCUT2D eigenvalue weighted by Crippen LogP contribution is 2.36. The number of phenolic OH excluding ortho intramolecular Hbond substituents is 1. The first-order chi connectivity index (χ1) is 13.3. The molecule has 0 amide bonds. The third kappa shape index (κ3) is 3.21. The lowest BCUT2D eigenvalue weighted by atomic mass is 10.0. The van der Waals surface area contributed by atoms with Gasteiger partial charge in [-0.05, 0) is 24.3 Å². The van der Waals surface area contributed by atoms with Crippen LogP contribution in [0.3, 0.4) is 0 Å². The minimum absolute atomic E-state index is 0.223. The predicted molar refractivity (Wildman–Crippen MR) is 109 cm³/mol. The van der Waals surface area contributed by atoms with Crippen LogP contribution in [-0.4, -0.2) is 14.7 Å². The van der Waals surface area contributed by atoms with E-state index in [-0.39, 0.29) is 5.75 Å². The van der Waals surface area contributed by atoms with Gasteiger partial charge in [-0.15, -0.1) is 6.42 Å². The van der Waals surface area contributed by atoms with Gasteiger partial charge in [0.05, 0.1) is 17.9 Å². The van der Waals surface area contributed by atoms with Crippen LogP contribution in [0, 0.1) is 12.3 Å². The molecule has 0 bridgehead atoms. The van der Waals surface area contributed by atoms with Gasteiger partial charge < -0.3 is 9.67 Å². The van der Waals surface area contributed by atoms with Crippen LogP contribution in [0.25, 0.3) is 33.9 Å². The Morgan fingerprint density at radius 3 is 1.96 bits per heavy atom. The summed E-state index contributed by atoms with van der Waals surface area (Å²) in [6.07, 6.45) is 5.69.